The van der Waals surface area contributed by atoms with Gasteiger partial charge in [-0.25, -0.2) is 14.4 Å². The number of hydrogen-bond donors (Lipinski definition) is 2. The van der Waals surface area contributed by atoms with Crippen LogP contribution in [-0.2, 0) is 10.2 Å². The van der Waals surface area contributed by atoms with Gasteiger partial charge in [-0.3, -0.25) is 4.79 Å². The summed E-state index contributed by atoms with van der Waals surface area (Å²) in [6.07, 6.45) is 1.40. The quantitative estimate of drug-likeness (QED) is 0.719. The van der Waals surface area contributed by atoms with Crippen molar-refractivity contribution in [3.8, 4) is 11.6 Å². The van der Waals surface area contributed by atoms with Crippen molar-refractivity contribution in [1.29, 1.82) is 0 Å². The zero-order chi connectivity index (χ0) is 19.2. The molecule has 0 aliphatic carbocycles. The Hall–Kier alpha value is -2.87. The Morgan fingerprint density at radius 2 is 2.19 bits per heavy atom. The van der Waals surface area contributed by atoms with Gasteiger partial charge in [0.05, 0.1) is 23.3 Å². The van der Waals surface area contributed by atoms with Crippen LogP contribution in [-0.4, -0.2) is 35.6 Å². The molecule has 0 radical (unpaired) electrons. The van der Waals surface area contributed by atoms with Gasteiger partial charge >= 0.3 is 0 Å². The highest BCUT2D eigenvalue weighted by atomic mass is 35.5. The third-order valence-corrected chi connectivity index (χ3v) is 4.96. The number of benzene rings is 1. The van der Waals surface area contributed by atoms with E-state index >= 15 is 0 Å². The highest BCUT2D eigenvalue weighted by Gasteiger charge is 2.44. The maximum atomic E-state index is 14.0. The fraction of sp³-hybridized carbons (Fsp3) is 0.278. The van der Waals surface area contributed by atoms with E-state index in [-0.39, 0.29) is 41.3 Å². The Balaban J connectivity index is 1.81. The average molecular weight is 391 g/mol. The van der Waals surface area contributed by atoms with Gasteiger partial charge in [0.2, 0.25) is 11.8 Å². The SMILES string of the molecule is C=C1Oc2cnc3c(n2)C(C)(CN3)C(=O)NCCOc2ccc(F)c(Cl)c21. The van der Waals surface area contributed by atoms with Gasteiger partial charge in [0.15, 0.2) is 0 Å². The number of anilines is 1. The number of fused-ring (bicyclic) bond motifs is 2. The van der Waals surface area contributed by atoms with Crippen LogP contribution in [0.5, 0.6) is 11.6 Å². The summed E-state index contributed by atoms with van der Waals surface area (Å²) >= 11 is 6.11. The van der Waals surface area contributed by atoms with Gasteiger partial charge in [0.25, 0.3) is 0 Å². The minimum Gasteiger partial charge on any atom is -0.491 e. The van der Waals surface area contributed by atoms with Crippen LogP contribution >= 0.6 is 11.6 Å². The highest BCUT2D eigenvalue weighted by molar-refractivity contribution is 6.32. The Bertz CT molecular complexity index is 968. The molecule has 4 rings (SSSR count). The lowest BCUT2D eigenvalue weighted by Crippen LogP contribution is -2.45. The smallest absolute Gasteiger partial charge is 0.238 e. The highest BCUT2D eigenvalue weighted by Crippen LogP contribution is 2.38. The van der Waals surface area contributed by atoms with Gasteiger partial charge in [-0.15, -0.1) is 0 Å². The van der Waals surface area contributed by atoms with E-state index in [0.717, 1.165) is 0 Å². The van der Waals surface area contributed by atoms with E-state index in [9.17, 15) is 9.18 Å². The number of hydrogen-bond acceptors (Lipinski definition) is 6. The Kier molecular flexibility index (Phi) is 4.15. The van der Waals surface area contributed by atoms with Gasteiger partial charge in [-0.2, -0.15) is 0 Å². The Morgan fingerprint density at radius 1 is 1.37 bits per heavy atom. The lowest BCUT2D eigenvalue weighted by Gasteiger charge is -2.21. The zero-order valence-electron chi connectivity index (χ0n) is 14.4. The van der Waals surface area contributed by atoms with Crippen molar-refractivity contribution in [2.24, 2.45) is 0 Å². The number of nitrogens with one attached hydrogen (secondary N) is 2. The van der Waals surface area contributed by atoms with Gasteiger partial charge in [-0.05, 0) is 19.1 Å². The summed E-state index contributed by atoms with van der Waals surface area (Å²) in [5.74, 6) is 0.154. The second-order valence-corrected chi connectivity index (χ2v) is 6.83. The van der Waals surface area contributed by atoms with Crippen LogP contribution in [0.4, 0.5) is 10.2 Å². The Morgan fingerprint density at radius 3 is 3.00 bits per heavy atom. The van der Waals surface area contributed by atoms with E-state index in [1.165, 1.54) is 18.3 Å². The van der Waals surface area contributed by atoms with Crippen LogP contribution in [0.2, 0.25) is 5.02 Å². The topological polar surface area (TPSA) is 85.4 Å². The van der Waals surface area contributed by atoms with E-state index < -0.39 is 11.2 Å². The fourth-order valence-electron chi connectivity index (χ4n) is 3.08. The van der Waals surface area contributed by atoms with E-state index in [1.807, 2.05) is 0 Å². The number of carbonyl (C=O) groups is 1. The lowest BCUT2D eigenvalue weighted by molar-refractivity contribution is -0.125. The number of aromatic nitrogens is 2. The minimum atomic E-state index is -0.909. The minimum absolute atomic E-state index is 0.0648. The normalized spacial score (nSPS) is 21.4. The molecule has 0 saturated carbocycles. The summed E-state index contributed by atoms with van der Waals surface area (Å²) in [5.41, 5.74) is -0.255. The van der Waals surface area contributed by atoms with Crippen molar-refractivity contribution in [3.05, 3.63) is 47.0 Å². The largest absolute Gasteiger partial charge is 0.491 e. The van der Waals surface area contributed by atoms with E-state index in [2.05, 4.69) is 27.2 Å². The molecule has 2 aliphatic rings. The van der Waals surface area contributed by atoms with Crippen molar-refractivity contribution in [3.63, 3.8) is 0 Å². The summed E-state index contributed by atoms with van der Waals surface area (Å²) < 4.78 is 25.3. The molecule has 0 spiro atoms. The predicted molar refractivity (Wildman–Crippen MR) is 97.5 cm³/mol. The van der Waals surface area contributed by atoms with Gasteiger partial charge < -0.3 is 20.1 Å². The second-order valence-electron chi connectivity index (χ2n) is 6.46. The van der Waals surface area contributed by atoms with Crippen LogP contribution < -0.4 is 20.1 Å². The summed E-state index contributed by atoms with van der Waals surface area (Å²) in [6.45, 7) is 6.37. The van der Waals surface area contributed by atoms with E-state index in [0.29, 0.717) is 23.8 Å². The maximum absolute atomic E-state index is 14.0. The fourth-order valence-corrected chi connectivity index (χ4v) is 3.34. The summed E-state index contributed by atoms with van der Waals surface area (Å²) in [7, 11) is 0. The maximum Gasteiger partial charge on any atom is 0.238 e. The van der Waals surface area contributed by atoms with Crippen molar-refractivity contribution >= 4 is 29.1 Å². The van der Waals surface area contributed by atoms with E-state index in [1.54, 1.807) is 6.92 Å². The van der Waals surface area contributed by atoms with Crippen LogP contribution in [0.15, 0.2) is 24.9 Å². The number of ether oxygens (including phenoxy) is 2. The molecule has 2 bridgehead atoms. The molecule has 2 aliphatic heterocycles. The van der Waals surface area contributed by atoms with Crippen LogP contribution in [0, 0.1) is 5.82 Å². The molecular formula is C18H16ClFN4O3. The first kappa shape index (κ1) is 17.5. The van der Waals surface area contributed by atoms with Gasteiger partial charge in [-0.1, -0.05) is 18.2 Å². The molecule has 0 saturated heterocycles. The van der Waals surface area contributed by atoms with Crippen LogP contribution in [0.1, 0.15) is 18.2 Å². The molecule has 7 nitrogen and oxygen atoms in total. The van der Waals surface area contributed by atoms with Crippen LogP contribution in [0.3, 0.4) is 0 Å². The monoisotopic (exact) mass is 390 g/mol. The molecule has 0 fully saturated rings. The van der Waals surface area contributed by atoms with Crippen LogP contribution in [0.25, 0.3) is 5.76 Å². The third kappa shape index (κ3) is 2.86. The van der Waals surface area contributed by atoms with Gasteiger partial charge in [0.1, 0.15) is 40.9 Å². The lowest BCUT2D eigenvalue weighted by atomic mass is 9.88. The molecule has 1 aromatic carbocycles. The molecule has 9 heteroatoms. The molecule has 1 amide bonds. The standard InChI is InChI=1S/C18H16ClFN4O3/c1-9-13-11(4-3-10(20)14(13)19)26-6-5-21-17(25)18(2)8-23-16-15(18)24-12(27-9)7-22-16/h3-4,7H,1,5-6,8H2,2H3,(H,21,25)(H,22,23). The van der Waals surface area contributed by atoms with Crippen molar-refractivity contribution in [1.82, 2.24) is 15.3 Å². The zero-order valence-corrected chi connectivity index (χ0v) is 15.2. The van der Waals surface area contributed by atoms with Crippen molar-refractivity contribution in [2.45, 2.75) is 12.3 Å². The Labute approximate surface area is 159 Å². The van der Waals surface area contributed by atoms with Gasteiger partial charge in [0, 0.05) is 6.54 Å². The molecular weight excluding hydrogens is 375 g/mol. The third-order valence-electron chi connectivity index (χ3n) is 4.59. The summed E-state index contributed by atoms with van der Waals surface area (Å²) in [5, 5.41) is 5.74. The number of rotatable bonds is 0. The molecule has 2 aromatic rings. The second kappa shape index (κ2) is 6.38. The summed E-state index contributed by atoms with van der Waals surface area (Å²) in [4.78, 5) is 21.4. The first-order chi connectivity index (χ1) is 12.9. The molecule has 1 unspecified atom stereocenters. The molecule has 1 aromatic heterocycles. The first-order valence-corrected chi connectivity index (χ1v) is 8.65. The molecule has 2 N–H and O–H groups in total. The average Bonchev–Trinajstić information content (AvgIpc) is 2.98. The molecule has 27 heavy (non-hydrogen) atoms. The predicted octanol–water partition coefficient (Wildman–Crippen LogP) is 2.51. The number of carbonyl (C=O) groups excluding carboxylic acids is 1. The summed E-state index contributed by atoms with van der Waals surface area (Å²) in [6, 6.07) is 2.63. The number of amides is 1. The molecule has 140 valence electrons. The molecule has 1 atom stereocenters. The van der Waals surface area contributed by atoms with E-state index in [4.69, 9.17) is 21.1 Å². The molecule has 3 heterocycles. The first-order valence-electron chi connectivity index (χ1n) is 8.28. The van der Waals surface area contributed by atoms with Crippen molar-refractivity contribution in [2.75, 3.05) is 25.0 Å². The number of nitrogens with zero attached hydrogens (tertiary/aromatic N) is 2. The van der Waals surface area contributed by atoms with Crippen molar-refractivity contribution < 1.29 is 18.7 Å². The number of halogens is 2.